The van der Waals surface area contributed by atoms with Crippen molar-refractivity contribution in [3.63, 3.8) is 0 Å². The summed E-state index contributed by atoms with van der Waals surface area (Å²) >= 11 is 0. The molecule has 0 aromatic carbocycles. The van der Waals surface area contributed by atoms with Crippen LogP contribution in [0, 0.1) is 0 Å². The minimum atomic E-state index is -0.929. The second-order valence-electron chi connectivity index (χ2n) is 1.55. The van der Waals surface area contributed by atoms with E-state index in [4.69, 9.17) is 10.2 Å². The summed E-state index contributed by atoms with van der Waals surface area (Å²) in [4.78, 5) is 11.1. The Balaban J connectivity index is 0. The first-order valence-corrected chi connectivity index (χ1v) is 2.18. The molecule has 0 heterocycles. The maximum atomic E-state index is 9.82. The lowest BCUT2D eigenvalue weighted by atomic mass is 10.6. The summed E-state index contributed by atoms with van der Waals surface area (Å²) in [5.41, 5.74) is 0. The van der Waals surface area contributed by atoms with Gasteiger partial charge < -0.3 is 10.2 Å². The molecule has 0 fully saturated rings. The van der Waals surface area contributed by atoms with Gasteiger partial charge in [0, 0.05) is 0 Å². The van der Waals surface area contributed by atoms with Crippen LogP contribution in [-0.4, -0.2) is 41.4 Å². The fourth-order valence-corrected chi connectivity index (χ4v) is 0.281. The maximum Gasteiger partial charge on any atom is 0.317 e. The summed E-state index contributed by atoms with van der Waals surface area (Å²) in [6.45, 7) is -0.331. The molecule has 0 aliphatic carbocycles. The molecule has 0 radical (unpaired) electrons. The molecule has 4 nitrogen and oxygen atoms in total. The second kappa shape index (κ2) is 5.95. The van der Waals surface area contributed by atoms with Gasteiger partial charge in [0.2, 0.25) is 0 Å². The van der Waals surface area contributed by atoms with Crippen LogP contribution in [0.2, 0.25) is 0 Å². The Kier molecular flexibility index (Phi) is 7.66. The molecule has 0 saturated carbocycles. The average molecular weight is 153 g/mol. The van der Waals surface area contributed by atoms with Crippen LogP contribution in [0.25, 0.3) is 0 Å². The number of nitrogens with zero attached hydrogens (tertiary/aromatic N) is 1. The molecule has 9 heavy (non-hydrogen) atoms. The third-order valence-corrected chi connectivity index (χ3v) is 0.647. The Morgan fingerprint density at radius 1 is 1.67 bits per heavy atom. The minimum Gasteiger partial charge on any atom is -0.480 e. The zero-order valence-corrected chi connectivity index (χ0v) is 6.79. The molecule has 1 atom stereocenters. The number of carbonyl (C=O) groups is 1. The largest absolute Gasteiger partial charge is 0.480 e. The van der Waals surface area contributed by atoms with E-state index in [1.807, 2.05) is 0 Å². The molecule has 0 saturated heterocycles. The van der Waals surface area contributed by atoms with Crippen LogP contribution in [0.1, 0.15) is 0 Å². The van der Waals surface area contributed by atoms with Crippen LogP contribution in [0.3, 0.4) is 0 Å². The van der Waals surface area contributed by atoms with Crippen molar-refractivity contribution in [3.05, 3.63) is 0 Å². The van der Waals surface area contributed by atoms with Gasteiger partial charge in [0.05, 0.1) is 13.3 Å². The van der Waals surface area contributed by atoms with E-state index in [9.17, 15) is 4.79 Å². The standard InChI is InChI=1S/C4H9NO3.H3P/c1-5(3-6)2-4(7)8;/h6H,2-3H2,1H3,(H,7,8);1H3. The van der Waals surface area contributed by atoms with Crippen LogP contribution >= 0.6 is 9.90 Å². The van der Waals surface area contributed by atoms with E-state index in [1.54, 1.807) is 0 Å². The number of aliphatic carboxylic acids is 1. The molecule has 0 spiro atoms. The van der Waals surface area contributed by atoms with Gasteiger partial charge in [0.15, 0.2) is 0 Å². The number of carboxylic acids is 1. The highest BCUT2D eigenvalue weighted by Crippen LogP contribution is 1.75. The van der Waals surface area contributed by atoms with Gasteiger partial charge in [-0.2, -0.15) is 9.90 Å². The first-order valence-electron chi connectivity index (χ1n) is 2.18. The van der Waals surface area contributed by atoms with Gasteiger partial charge in [-0.1, -0.05) is 0 Å². The molecule has 2 N–H and O–H groups in total. The van der Waals surface area contributed by atoms with E-state index < -0.39 is 5.97 Å². The minimum absolute atomic E-state index is 0. The molecule has 1 unspecified atom stereocenters. The van der Waals surface area contributed by atoms with Crippen LogP contribution in [0.4, 0.5) is 0 Å². The second-order valence-corrected chi connectivity index (χ2v) is 1.55. The lowest BCUT2D eigenvalue weighted by Crippen LogP contribution is -2.26. The highest BCUT2D eigenvalue weighted by molar-refractivity contribution is 6.92. The fourth-order valence-electron chi connectivity index (χ4n) is 0.281. The van der Waals surface area contributed by atoms with Gasteiger partial charge in [-0.25, -0.2) is 0 Å². The normalized spacial score (nSPS) is 8.78. The first-order chi connectivity index (χ1) is 3.66. The van der Waals surface area contributed by atoms with Gasteiger partial charge in [-0.3, -0.25) is 9.69 Å². The fraction of sp³-hybridized carbons (Fsp3) is 0.750. The van der Waals surface area contributed by atoms with E-state index in [0.29, 0.717) is 0 Å². The number of hydrogen-bond donors (Lipinski definition) is 2. The summed E-state index contributed by atoms with van der Waals surface area (Å²) in [6, 6.07) is 0. The lowest BCUT2D eigenvalue weighted by Gasteiger charge is -2.07. The molecule has 0 aromatic heterocycles. The lowest BCUT2D eigenvalue weighted by molar-refractivity contribution is -0.138. The third-order valence-electron chi connectivity index (χ3n) is 0.647. The molecule has 0 amide bonds. The summed E-state index contributed by atoms with van der Waals surface area (Å²) in [6.07, 6.45) is 0. The van der Waals surface area contributed by atoms with E-state index in [2.05, 4.69) is 0 Å². The number of aliphatic hydroxyl groups is 1. The predicted octanol–water partition coefficient (Wildman–Crippen LogP) is -0.989. The van der Waals surface area contributed by atoms with Crippen molar-refractivity contribution in [2.45, 2.75) is 0 Å². The zero-order valence-electron chi connectivity index (χ0n) is 5.37. The van der Waals surface area contributed by atoms with Crippen LogP contribution < -0.4 is 0 Å². The Morgan fingerprint density at radius 3 is 2.22 bits per heavy atom. The SMILES string of the molecule is CN(CO)CC(=O)O.P. The number of rotatable bonds is 3. The Morgan fingerprint density at radius 2 is 2.11 bits per heavy atom. The maximum absolute atomic E-state index is 9.82. The van der Waals surface area contributed by atoms with Gasteiger partial charge >= 0.3 is 5.97 Å². The van der Waals surface area contributed by atoms with Gasteiger partial charge in [-0.05, 0) is 7.05 Å². The first kappa shape index (κ1) is 11.6. The van der Waals surface area contributed by atoms with Gasteiger partial charge in [-0.15, -0.1) is 0 Å². The van der Waals surface area contributed by atoms with Crippen molar-refractivity contribution in [1.29, 1.82) is 0 Å². The molecule has 0 aromatic rings. The highest BCUT2D eigenvalue weighted by Gasteiger charge is 1.99. The molecule has 0 aliphatic rings. The molecule has 0 bridgehead atoms. The van der Waals surface area contributed by atoms with Crippen molar-refractivity contribution in [2.75, 3.05) is 20.3 Å². The Bertz CT molecular complexity index is 87.9. The van der Waals surface area contributed by atoms with E-state index in [-0.39, 0.29) is 23.2 Å². The Hall–Kier alpha value is -0.180. The van der Waals surface area contributed by atoms with Crippen molar-refractivity contribution in [1.82, 2.24) is 4.90 Å². The monoisotopic (exact) mass is 153 g/mol. The highest BCUT2D eigenvalue weighted by atomic mass is 31.0. The average Bonchev–Trinajstić information content (AvgIpc) is 1.65. The van der Waals surface area contributed by atoms with Crippen LogP contribution in [0.15, 0.2) is 0 Å². The predicted molar refractivity (Wildman–Crippen MR) is 38.5 cm³/mol. The molecule has 5 heteroatoms. The van der Waals surface area contributed by atoms with E-state index in [1.165, 1.54) is 11.9 Å². The summed E-state index contributed by atoms with van der Waals surface area (Å²) in [5.74, 6) is -0.929. The third kappa shape index (κ3) is 7.82. The topological polar surface area (TPSA) is 60.8 Å². The van der Waals surface area contributed by atoms with Crippen molar-refractivity contribution in [3.8, 4) is 0 Å². The smallest absolute Gasteiger partial charge is 0.317 e. The summed E-state index contributed by atoms with van der Waals surface area (Å²) in [5, 5.41) is 16.3. The van der Waals surface area contributed by atoms with Crippen molar-refractivity contribution < 1.29 is 15.0 Å². The number of likely N-dealkylation sites (N-methyl/N-ethyl adjacent to an activating group) is 1. The zero-order chi connectivity index (χ0) is 6.57. The van der Waals surface area contributed by atoms with Crippen molar-refractivity contribution >= 4 is 15.9 Å². The number of hydrogen-bond acceptors (Lipinski definition) is 3. The van der Waals surface area contributed by atoms with E-state index >= 15 is 0 Å². The Labute approximate surface area is 57.1 Å². The van der Waals surface area contributed by atoms with Crippen molar-refractivity contribution in [2.24, 2.45) is 0 Å². The quantitative estimate of drug-likeness (QED) is 0.403. The van der Waals surface area contributed by atoms with Crippen LogP contribution in [-0.2, 0) is 4.79 Å². The molecular formula is C4H12NO3P. The van der Waals surface area contributed by atoms with Gasteiger partial charge in [0.1, 0.15) is 0 Å². The summed E-state index contributed by atoms with van der Waals surface area (Å²) < 4.78 is 0. The summed E-state index contributed by atoms with van der Waals surface area (Å²) in [7, 11) is 1.52. The number of aliphatic hydroxyl groups excluding tert-OH is 1. The number of carboxylic acid groups (broad SMARTS) is 1. The molecule has 56 valence electrons. The molecule has 0 aliphatic heterocycles. The van der Waals surface area contributed by atoms with Crippen LogP contribution in [0.5, 0.6) is 0 Å². The van der Waals surface area contributed by atoms with E-state index in [0.717, 1.165) is 0 Å². The molecular weight excluding hydrogens is 141 g/mol. The molecule has 0 rings (SSSR count). The van der Waals surface area contributed by atoms with Gasteiger partial charge in [0.25, 0.3) is 0 Å².